The molecule has 1 heterocycles. The summed E-state index contributed by atoms with van der Waals surface area (Å²) in [6, 6.07) is 4.37. The first-order chi connectivity index (χ1) is 9.76. The molecule has 3 rings (SSSR count). The van der Waals surface area contributed by atoms with Crippen molar-refractivity contribution in [2.45, 2.75) is 56.4 Å². The Bertz CT molecular complexity index is 447. The molecule has 1 aromatic rings. The molecule has 1 unspecified atom stereocenters. The number of nitrogens with one attached hydrogen (secondary N) is 1. The minimum Gasteiger partial charge on any atom is -0.351 e. The van der Waals surface area contributed by atoms with Gasteiger partial charge in [0.15, 0.2) is 0 Å². The zero-order valence-corrected chi connectivity index (χ0v) is 12.8. The molecule has 1 amide bonds. The maximum absolute atomic E-state index is 13.0. The van der Waals surface area contributed by atoms with E-state index in [4.69, 9.17) is 5.73 Å². The number of amides is 1. The van der Waals surface area contributed by atoms with Crippen LogP contribution in [0.3, 0.4) is 0 Å². The van der Waals surface area contributed by atoms with E-state index in [-0.39, 0.29) is 17.4 Å². The molecule has 0 spiro atoms. The van der Waals surface area contributed by atoms with Gasteiger partial charge < -0.3 is 11.1 Å². The number of nitrogens with two attached hydrogens (primary N) is 1. The molecule has 3 N–H and O–H groups in total. The summed E-state index contributed by atoms with van der Waals surface area (Å²) >= 11 is 1.72. The summed E-state index contributed by atoms with van der Waals surface area (Å²) in [6.45, 7) is 0.566. The van der Waals surface area contributed by atoms with E-state index in [9.17, 15) is 4.79 Å². The maximum atomic E-state index is 13.0. The van der Waals surface area contributed by atoms with Gasteiger partial charge in [-0.2, -0.15) is 0 Å². The molecule has 2 aliphatic carbocycles. The lowest BCUT2D eigenvalue weighted by molar-refractivity contribution is -0.128. The molecule has 110 valence electrons. The van der Waals surface area contributed by atoms with E-state index in [1.165, 1.54) is 24.1 Å². The Kier molecular flexibility index (Phi) is 4.13. The van der Waals surface area contributed by atoms with E-state index in [0.29, 0.717) is 12.5 Å². The van der Waals surface area contributed by atoms with Crippen molar-refractivity contribution in [2.75, 3.05) is 6.54 Å². The lowest BCUT2D eigenvalue weighted by atomic mass is 9.72. The van der Waals surface area contributed by atoms with Gasteiger partial charge in [0, 0.05) is 17.5 Å². The van der Waals surface area contributed by atoms with Crippen LogP contribution >= 0.6 is 11.3 Å². The van der Waals surface area contributed by atoms with E-state index in [1.54, 1.807) is 11.3 Å². The summed E-state index contributed by atoms with van der Waals surface area (Å²) in [5.41, 5.74) is 5.56. The topological polar surface area (TPSA) is 55.1 Å². The van der Waals surface area contributed by atoms with Crippen LogP contribution in [0.1, 0.15) is 49.8 Å². The van der Waals surface area contributed by atoms with Crippen LogP contribution in [0.25, 0.3) is 0 Å². The normalized spacial score (nSPS) is 23.2. The standard InChI is InChI=1S/C16H24N2OS/c17-11-13(12-6-7-12)18-15(19)16(8-2-1-3-9-16)14-5-4-10-20-14/h4-5,10,12-13H,1-3,6-9,11,17H2,(H,18,19). The molecular weight excluding hydrogens is 268 g/mol. The van der Waals surface area contributed by atoms with Gasteiger partial charge in [0.1, 0.15) is 0 Å². The number of hydrogen-bond acceptors (Lipinski definition) is 3. The molecule has 0 aliphatic heterocycles. The highest BCUT2D eigenvalue weighted by Crippen LogP contribution is 2.42. The minimum absolute atomic E-state index is 0.182. The Balaban J connectivity index is 1.79. The van der Waals surface area contributed by atoms with Crippen LogP contribution in [-0.2, 0) is 10.2 Å². The Morgan fingerprint density at radius 2 is 2.15 bits per heavy atom. The van der Waals surface area contributed by atoms with Crippen molar-refractivity contribution in [2.24, 2.45) is 11.7 Å². The second-order valence-corrected chi connectivity index (χ2v) is 7.22. The fraction of sp³-hybridized carbons (Fsp3) is 0.688. The first-order valence-electron chi connectivity index (χ1n) is 7.81. The molecule has 2 aliphatic rings. The van der Waals surface area contributed by atoms with E-state index >= 15 is 0 Å². The quantitative estimate of drug-likeness (QED) is 0.877. The Hall–Kier alpha value is -0.870. The third-order valence-electron chi connectivity index (χ3n) is 4.90. The smallest absolute Gasteiger partial charge is 0.231 e. The third kappa shape index (κ3) is 2.63. The second kappa shape index (κ2) is 5.86. The Morgan fingerprint density at radius 1 is 1.40 bits per heavy atom. The van der Waals surface area contributed by atoms with Crippen molar-refractivity contribution in [3.05, 3.63) is 22.4 Å². The highest BCUT2D eigenvalue weighted by molar-refractivity contribution is 7.10. The van der Waals surface area contributed by atoms with Crippen molar-refractivity contribution < 1.29 is 4.79 Å². The third-order valence-corrected chi connectivity index (χ3v) is 5.97. The molecule has 0 saturated heterocycles. The second-order valence-electron chi connectivity index (χ2n) is 6.27. The van der Waals surface area contributed by atoms with Crippen molar-refractivity contribution in [1.29, 1.82) is 0 Å². The fourth-order valence-electron chi connectivity index (χ4n) is 3.47. The van der Waals surface area contributed by atoms with E-state index in [0.717, 1.165) is 25.7 Å². The van der Waals surface area contributed by atoms with Crippen molar-refractivity contribution in [1.82, 2.24) is 5.32 Å². The molecule has 2 fully saturated rings. The van der Waals surface area contributed by atoms with Crippen LogP contribution in [0.2, 0.25) is 0 Å². The van der Waals surface area contributed by atoms with Crippen LogP contribution in [-0.4, -0.2) is 18.5 Å². The summed E-state index contributed by atoms with van der Waals surface area (Å²) in [5.74, 6) is 0.843. The molecule has 1 atom stereocenters. The molecule has 2 saturated carbocycles. The molecule has 20 heavy (non-hydrogen) atoms. The van der Waals surface area contributed by atoms with Gasteiger partial charge >= 0.3 is 0 Å². The first-order valence-corrected chi connectivity index (χ1v) is 8.69. The van der Waals surface area contributed by atoms with Crippen LogP contribution in [0, 0.1) is 5.92 Å². The van der Waals surface area contributed by atoms with E-state index in [1.807, 2.05) is 0 Å². The van der Waals surface area contributed by atoms with Crippen LogP contribution in [0.5, 0.6) is 0 Å². The average Bonchev–Trinajstić information content (AvgIpc) is 3.18. The van der Waals surface area contributed by atoms with Crippen LogP contribution in [0.15, 0.2) is 17.5 Å². The highest BCUT2D eigenvalue weighted by atomic mass is 32.1. The van der Waals surface area contributed by atoms with Crippen molar-refractivity contribution in [3.8, 4) is 0 Å². The molecule has 0 aromatic carbocycles. The summed E-state index contributed by atoms with van der Waals surface area (Å²) in [5, 5.41) is 5.35. The van der Waals surface area contributed by atoms with Gasteiger partial charge in [0.05, 0.1) is 5.41 Å². The SMILES string of the molecule is NCC(NC(=O)C1(c2cccs2)CCCCC1)C1CC1. The molecule has 4 heteroatoms. The van der Waals surface area contributed by atoms with Crippen LogP contribution in [0.4, 0.5) is 0 Å². The highest BCUT2D eigenvalue weighted by Gasteiger charge is 2.43. The summed E-state index contributed by atoms with van der Waals surface area (Å²) in [4.78, 5) is 14.2. The van der Waals surface area contributed by atoms with Gasteiger partial charge in [0.2, 0.25) is 5.91 Å². The predicted octanol–water partition coefficient (Wildman–Crippen LogP) is 2.80. The van der Waals surface area contributed by atoms with Crippen molar-refractivity contribution in [3.63, 3.8) is 0 Å². The monoisotopic (exact) mass is 292 g/mol. The summed E-state index contributed by atoms with van der Waals surface area (Å²) < 4.78 is 0. The van der Waals surface area contributed by atoms with E-state index < -0.39 is 0 Å². The molecular formula is C16H24N2OS. The number of carbonyl (C=O) groups is 1. The number of hydrogen-bond donors (Lipinski definition) is 2. The average molecular weight is 292 g/mol. The lowest BCUT2D eigenvalue weighted by Crippen LogP contribution is -2.51. The fourth-order valence-corrected chi connectivity index (χ4v) is 4.45. The van der Waals surface area contributed by atoms with Gasteiger partial charge in [-0.3, -0.25) is 4.79 Å². The number of carbonyl (C=O) groups excluding carboxylic acids is 1. The largest absolute Gasteiger partial charge is 0.351 e. The summed E-state index contributed by atoms with van der Waals surface area (Å²) in [7, 11) is 0. The van der Waals surface area contributed by atoms with Gasteiger partial charge in [0.25, 0.3) is 0 Å². The van der Waals surface area contributed by atoms with Gasteiger partial charge in [-0.15, -0.1) is 11.3 Å². The van der Waals surface area contributed by atoms with Gasteiger partial charge in [-0.05, 0) is 43.0 Å². The van der Waals surface area contributed by atoms with Crippen molar-refractivity contribution >= 4 is 17.2 Å². The molecule has 0 bridgehead atoms. The molecule has 3 nitrogen and oxygen atoms in total. The number of thiophene rings is 1. The Morgan fingerprint density at radius 3 is 2.70 bits per heavy atom. The minimum atomic E-state index is -0.283. The first kappa shape index (κ1) is 14.1. The van der Waals surface area contributed by atoms with Crippen LogP contribution < -0.4 is 11.1 Å². The summed E-state index contributed by atoms with van der Waals surface area (Å²) in [6.07, 6.45) is 7.97. The lowest BCUT2D eigenvalue weighted by Gasteiger charge is -2.36. The maximum Gasteiger partial charge on any atom is 0.231 e. The van der Waals surface area contributed by atoms with E-state index in [2.05, 4.69) is 22.8 Å². The molecule has 1 aromatic heterocycles. The predicted molar refractivity (Wildman–Crippen MR) is 82.8 cm³/mol. The van der Waals surface area contributed by atoms with Gasteiger partial charge in [-0.1, -0.05) is 25.3 Å². The zero-order chi connectivity index (χ0) is 14.0. The molecule has 0 radical (unpaired) electrons. The number of rotatable bonds is 5. The Labute approximate surface area is 124 Å². The van der Waals surface area contributed by atoms with Gasteiger partial charge in [-0.25, -0.2) is 0 Å². The zero-order valence-electron chi connectivity index (χ0n) is 11.9.